The molecule has 0 aliphatic heterocycles. The van der Waals surface area contributed by atoms with Gasteiger partial charge < -0.3 is 9.88 Å². The number of thiazole rings is 2. The molecule has 3 rings (SSSR count). The number of carbonyl (C=O) groups excluding carboxylic acids is 1. The lowest BCUT2D eigenvalue weighted by Gasteiger charge is -2.26. The molecule has 126 valence electrons. The average Bonchev–Trinajstić information content (AvgIpc) is 3.20. The molecular weight excluding hydrogens is 372 g/mol. The first-order chi connectivity index (χ1) is 12.0. The van der Waals surface area contributed by atoms with E-state index in [1.165, 1.54) is 28.7 Å². The summed E-state index contributed by atoms with van der Waals surface area (Å²) in [6, 6.07) is 7.57. The van der Waals surface area contributed by atoms with E-state index in [1.807, 2.05) is 38.1 Å². The normalized spacial score (nSPS) is 11.7. The highest BCUT2D eigenvalue weighted by Crippen LogP contribution is 2.28. The van der Waals surface area contributed by atoms with Crippen LogP contribution < -0.4 is 4.90 Å². The second kappa shape index (κ2) is 7.27. The quantitative estimate of drug-likeness (QED) is 0.398. The van der Waals surface area contributed by atoms with Crippen molar-refractivity contribution >= 4 is 62.8 Å². The standard InChI is InChI=1S/C17H14N4OS3/c1-10(2)21(12-3-4-13-14(8-12)25-17(23)20-13)16(22)11(9-18)7-15-19-5-6-24-15/h3-8,10H,1-2H3,(H,20,23). The van der Waals surface area contributed by atoms with Crippen LogP contribution in [0.3, 0.4) is 0 Å². The highest BCUT2D eigenvalue weighted by molar-refractivity contribution is 7.73. The van der Waals surface area contributed by atoms with Crippen LogP contribution in [0.4, 0.5) is 5.69 Å². The first kappa shape index (κ1) is 17.5. The minimum Gasteiger partial charge on any atom is -0.337 e. The predicted molar refractivity (Wildman–Crippen MR) is 105 cm³/mol. The van der Waals surface area contributed by atoms with Crippen LogP contribution in [0.2, 0.25) is 0 Å². The van der Waals surface area contributed by atoms with Crippen LogP contribution >= 0.6 is 34.9 Å². The monoisotopic (exact) mass is 386 g/mol. The van der Waals surface area contributed by atoms with Gasteiger partial charge in [0.1, 0.15) is 16.6 Å². The van der Waals surface area contributed by atoms with Crippen molar-refractivity contribution in [3.8, 4) is 6.07 Å². The largest absolute Gasteiger partial charge is 0.337 e. The van der Waals surface area contributed by atoms with E-state index in [4.69, 9.17) is 12.2 Å². The zero-order valence-corrected chi connectivity index (χ0v) is 16.0. The van der Waals surface area contributed by atoms with Crippen molar-refractivity contribution in [2.75, 3.05) is 4.90 Å². The number of benzene rings is 1. The molecule has 0 saturated carbocycles. The third-order valence-electron chi connectivity index (χ3n) is 3.49. The number of aromatic amines is 1. The predicted octanol–water partition coefficient (Wildman–Crippen LogP) is 4.76. The lowest BCUT2D eigenvalue weighted by Crippen LogP contribution is -2.37. The van der Waals surface area contributed by atoms with E-state index in [1.54, 1.807) is 16.5 Å². The molecule has 25 heavy (non-hydrogen) atoms. The summed E-state index contributed by atoms with van der Waals surface area (Å²) in [6.07, 6.45) is 3.17. The molecule has 1 amide bonds. The number of nitrogens with zero attached hydrogens (tertiary/aromatic N) is 3. The molecule has 0 saturated heterocycles. The van der Waals surface area contributed by atoms with Gasteiger partial charge in [0.15, 0.2) is 3.95 Å². The Labute approximate surface area is 157 Å². The fraction of sp³-hybridized carbons (Fsp3) is 0.176. The molecule has 8 heteroatoms. The van der Waals surface area contributed by atoms with Gasteiger partial charge in [0.2, 0.25) is 0 Å². The second-order valence-electron chi connectivity index (χ2n) is 5.50. The number of hydrogen-bond acceptors (Lipinski definition) is 6. The lowest BCUT2D eigenvalue weighted by atomic mass is 10.1. The van der Waals surface area contributed by atoms with Gasteiger partial charge in [-0.2, -0.15) is 5.26 Å². The molecule has 0 bridgehead atoms. The van der Waals surface area contributed by atoms with Crippen LogP contribution in [0.1, 0.15) is 18.9 Å². The maximum Gasteiger partial charge on any atom is 0.269 e. The van der Waals surface area contributed by atoms with Gasteiger partial charge in [0, 0.05) is 23.3 Å². The topological polar surface area (TPSA) is 72.8 Å². The number of aromatic nitrogens is 2. The molecule has 2 heterocycles. The van der Waals surface area contributed by atoms with E-state index >= 15 is 0 Å². The summed E-state index contributed by atoms with van der Waals surface area (Å²) in [4.78, 5) is 21.8. The molecule has 0 unspecified atom stereocenters. The zero-order valence-electron chi connectivity index (χ0n) is 13.5. The third kappa shape index (κ3) is 3.69. The minimum atomic E-state index is -0.341. The van der Waals surface area contributed by atoms with Crippen molar-refractivity contribution in [3.05, 3.63) is 44.3 Å². The maximum absolute atomic E-state index is 13.0. The van der Waals surface area contributed by atoms with Crippen molar-refractivity contribution in [1.82, 2.24) is 9.97 Å². The molecule has 0 spiro atoms. The molecule has 1 aromatic carbocycles. The van der Waals surface area contributed by atoms with E-state index in [2.05, 4.69) is 9.97 Å². The minimum absolute atomic E-state index is 0.0606. The van der Waals surface area contributed by atoms with Crippen molar-refractivity contribution in [2.45, 2.75) is 19.9 Å². The van der Waals surface area contributed by atoms with Gasteiger partial charge in [0.05, 0.1) is 10.2 Å². The molecular formula is C17H14N4OS3. The first-order valence-electron chi connectivity index (χ1n) is 7.47. The molecule has 0 aliphatic rings. The van der Waals surface area contributed by atoms with Gasteiger partial charge >= 0.3 is 0 Å². The average molecular weight is 387 g/mol. The van der Waals surface area contributed by atoms with Crippen LogP contribution in [0, 0.1) is 15.3 Å². The van der Waals surface area contributed by atoms with E-state index in [0.717, 1.165) is 15.9 Å². The van der Waals surface area contributed by atoms with Crippen LogP contribution in [-0.2, 0) is 4.79 Å². The van der Waals surface area contributed by atoms with Gasteiger partial charge in [-0.1, -0.05) is 0 Å². The summed E-state index contributed by atoms with van der Waals surface area (Å²) in [5.74, 6) is -0.341. The summed E-state index contributed by atoms with van der Waals surface area (Å²) >= 11 is 8.01. The third-order valence-corrected chi connectivity index (χ3v) is 5.41. The molecule has 0 fully saturated rings. The van der Waals surface area contributed by atoms with Gasteiger partial charge in [-0.15, -0.1) is 22.7 Å². The van der Waals surface area contributed by atoms with Gasteiger partial charge in [-0.3, -0.25) is 4.79 Å². The van der Waals surface area contributed by atoms with Crippen molar-refractivity contribution in [3.63, 3.8) is 0 Å². The number of fused-ring (bicyclic) bond motifs is 1. The molecule has 5 nitrogen and oxygen atoms in total. The SMILES string of the molecule is CC(C)N(C(=O)C(C#N)=Cc1nccs1)c1ccc2[nH]c(=S)sc2c1. The summed E-state index contributed by atoms with van der Waals surface area (Å²) in [5.41, 5.74) is 1.73. The maximum atomic E-state index is 13.0. The fourth-order valence-corrected chi connectivity index (χ4v) is 4.15. The smallest absolute Gasteiger partial charge is 0.269 e. The van der Waals surface area contributed by atoms with Gasteiger partial charge in [-0.25, -0.2) is 4.98 Å². The van der Waals surface area contributed by atoms with Crippen LogP contribution in [-0.4, -0.2) is 21.9 Å². The van der Waals surface area contributed by atoms with E-state index in [9.17, 15) is 10.1 Å². The Hall–Kier alpha value is -2.34. The van der Waals surface area contributed by atoms with Crippen molar-refractivity contribution < 1.29 is 4.79 Å². The molecule has 0 radical (unpaired) electrons. The van der Waals surface area contributed by atoms with Crippen LogP contribution in [0.15, 0.2) is 35.3 Å². The van der Waals surface area contributed by atoms with E-state index < -0.39 is 0 Å². The Kier molecular flexibility index (Phi) is 5.08. The number of hydrogen-bond donors (Lipinski definition) is 1. The second-order valence-corrected chi connectivity index (χ2v) is 8.15. The number of anilines is 1. The number of H-pyrrole nitrogens is 1. The molecule has 2 aromatic heterocycles. The number of carbonyl (C=O) groups is 1. The zero-order chi connectivity index (χ0) is 18.0. The number of amides is 1. The number of rotatable bonds is 4. The highest BCUT2D eigenvalue weighted by Gasteiger charge is 2.23. The lowest BCUT2D eigenvalue weighted by molar-refractivity contribution is -0.115. The van der Waals surface area contributed by atoms with Gasteiger partial charge in [0.25, 0.3) is 5.91 Å². The van der Waals surface area contributed by atoms with Crippen molar-refractivity contribution in [2.24, 2.45) is 0 Å². The van der Waals surface area contributed by atoms with Crippen molar-refractivity contribution in [1.29, 1.82) is 5.26 Å². The Morgan fingerprint density at radius 3 is 2.92 bits per heavy atom. The highest BCUT2D eigenvalue weighted by atomic mass is 32.1. The number of nitriles is 1. The fourth-order valence-electron chi connectivity index (χ4n) is 2.43. The summed E-state index contributed by atoms with van der Waals surface area (Å²) < 4.78 is 1.67. The van der Waals surface area contributed by atoms with Crippen LogP contribution in [0.5, 0.6) is 0 Å². The molecule has 3 aromatic rings. The molecule has 0 aliphatic carbocycles. The Morgan fingerprint density at radius 2 is 2.28 bits per heavy atom. The Morgan fingerprint density at radius 1 is 1.48 bits per heavy atom. The molecule has 1 N–H and O–H groups in total. The van der Waals surface area contributed by atoms with E-state index in [0.29, 0.717) is 8.96 Å². The first-order valence-corrected chi connectivity index (χ1v) is 9.57. The molecule has 0 atom stereocenters. The summed E-state index contributed by atoms with van der Waals surface area (Å²) in [6.45, 7) is 3.83. The number of nitrogens with one attached hydrogen (secondary N) is 1. The van der Waals surface area contributed by atoms with E-state index in [-0.39, 0.29) is 17.5 Å². The Bertz CT molecular complexity index is 1040. The summed E-state index contributed by atoms with van der Waals surface area (Å²) in [7, 11) is 0. The summed E-state index contributed by atoms with van der Waals surface area (Å²) in [5, 5.41) is 11.9. The Balaban J connectivity index is 2.03. The van der Waals surface area contributed by atoms with Crippen LogP contribution in [0.25, 0.3) is 16.3 Å². The van der Waals surface area contributed by atoms with Gasteiger partial charge in [-0.05, 0) is 50.3 Å².